The molecule has 1 saturated heterocycles. The van der Waals surface area contributed by atoms with Gasteiger partial charge in [0.25, 0.3) is 5.91 Å². The molecule has 0 atom stereocenters. The fourth-order valence-electron chi connectivity index (χ4n) is 4.15. The number of anilines is 1. The molecule has 0 spiro atoms. The highest BCUT2D eigenvalue weighted by Crippen LogP contribution is 2.26. The average Bonchev–Trinajstić information content (AvgIpc) is 3.30. The zero-order chi connectivity index (χ0) is 22.2. The highest BCUT2D eigenvalue weighted by atomic mass is 35.5. The monoisotopic (exact) mass is 451 g/mol. The zero-order valence-electron chi connectivity index (χ0n) is 17.5. The number of hydrogen-bond donors (Lipinski definition) is 2. The topological polar surface area (TPSA) is 98.6 Å². The standard InChI is InChI=1S/C22H22ClN7O2/c1-24-21(31)16-4-5-18(19(23)26-16)29-10-8-28(9-11-29)13-14-2-3-15-17(12-14)27-22(32)30-7-6-25-20(15)30/h2-7,12H,8-11,13H2,1H3,(H,24,31)(H,27,32). The molecule has 32 heavy (non-hydrogen) atoms. The van der Waals surface area contributed by atoms with Crippen molar-refractivity contribution in [1.82, 2.24) is 29.6 Å². The molecule has 1 amide bonds. The number of piperazine rings is 1. The van der Waals surface area contributed by atoms with E-state index >= 15 is 0 Å². The van der Waals surface area contributed by atoms with Crippen LogP contribution >= 0.6 is 11.6 Å². The Labute approximate surface area is 188 Å². The number of fused-ring (bicyclic) bond motifs is 3. The van der Waals surface area contributed by atoms with Crippen molar-refractivity contribution < 1.29 is 4.79 Å². The second-order valence-corrected chi connectivity index (χ2v) is 8.14. The quantitative estimate of drug-likeness (QED) is 0.460. The third kappa shape index (κ3) is 3.69. The van der Waals surface area contributed by atoms with E-state index in [-0.39, 0.29) is 11.6 Å². The number of amides is 1. The van der Waals surface area contributed by atoms with Gasteiger partial charge in [-0.05, 0) is 29.8 Å². The number of pyridine rings is 1. The van der Waals surface area contributed by atoms with Crippen LogP contribution in [0.5, 0.6) is 0 Å². The number of aromatic amines is 1. The van der Waals surface area contributed by atoms with Gasteiger partial charge in [0.1, 0.15) is 11.3 Å². The van der Waals surface area contributed by atoms with Gasteiger partial charge in [0.05, 0.1) is 11.2 Å². The number of imidazole rings is 1. The summed E-state index contributed by atoms with van der Waals surface area (Å²) in [6.45, 7) is 4.12. The summed E-state index contributed by atoms with van der Waals surface area (Å²) in [7, 11) is 1.57. The van der Waals surface area contributed by atoms with E-state index < -0.39 is 0 Å². The highest BCUT2D eigenvalue weighted by Gasteiger charge is 2.21. The third-order valence-electron chi connectivity index (χ3n) is 5.83. The number of halogens is 1. The van der Waals surface area contributed by atoms with Gasteiger partial charge in [-0.2, -0.15) is 0 Å². The lowest BCUT2D eigenvalue weighted by Crippen LogP contribution is -2.46. The smallest absolute Gasteiger partial charge is 0.331 e. The molecule has 164 valence electrons. The summed E-state index contributed by atoms with van der Waals surface area (Å²) in [5.41, 5.74) is 3.54. The van der Waals surface area contributed by atoms with E-state index in [1.807, 2.05) is 18.2 Å². The first kappa shape index (κ1) is 20.5. The number of aromatic nitrogens is 4. The van der Waals surface area contributed by atoms with Crippen LogP contribution in [0.15, 0.2) is 47.5 Å². The van der Waals surface area contributed by atoms with Crippen molar-refractivity contribution in [2.45, 2.75) is 6.54 Å². The second-order valence-electron chi connectivity index (χ2n) is 7.78. The molecular formula is C22H22ClN7O2. The lowest BCUT2D eigenvalue weighted by Gasteiger charge is -2.36. The number of nitrogens with zero attached hydrogens (tertiary/aromatic N) is 5. The summed E-state index contributed by atoms with van der Waals surface area (Å²) < 4.78 is 1.52. The van der Waals surface area contributed by atoms with Crippen molar-refractivity contribution in [2.24, 2.45) is 0 Å². The Kier molecular flexibility index (Phi) is 5.28. The SMILES string of the molecule is CNC(=O)c1ccc(N2CCN(Cc3ccc4c(c3)[nH]c(=O)n3ccnc43)CC2)c(Cl)n1. The Morgan fingerprint density at radius 1 is 1.19 bits per heavy atom. The van der Waals surface area contributed by atoms with Gasteiger partial charge in [-0.3, -0.25) is 14.1 Å². The van der Waals surface area contributed by atoms with Gasteiger partial charge in [0, 0.05) is 57.6 Å². The van der Waals surface area contributed by atoms with E-state index in [1.54, 1.807) is 25.5 Å². The Balaban J connectivity index is 1.28. The number of nitrogens with one attached hydrogen (secondary N) is 2. The molecule has 0 unspecified atom stereocenters. The maximum atomic E-state index is 12.2. The molecule has 4 heterocycles. The molecule has 0 aliphatic carbocycles. The van der Waals surface area contributed by atoms with Crippen LogP contribution in [-0.2, 0) is 6.54 Å². The summed E-state index contributed by atoms with van der Waals surface area (Å²) in [4.78, 5) is 40.0. The second kappa shape index (κ2) is 8.25. The van der Waals surface area contributed by atoms with Crippen molar-refractivity contribution in [3.8, 4) is 0 Å². The first-order valence-electron chi connectivity index (χ1n) is 10.4. The molecule has 1 aliphatic heterocycles. The van der Waals surface area contributed by atoms with E-state index in [2.05, 4.69) is 36.1 Å². The number of benzene rings is 1. The van der Waals surface area contributed by atoms with E-state index in [1.165, 1.54) is 4.40 Å². The van der Waals surface area contributed by atoms with Crippen molar-refractivity contribution in [1.29, 1.82) is 0 Å². The first-order chi connectivity index (χ1) is 15.5. The minimum atomic E-state index is -0.256. The molecule has 5 rings (SSSR count). The molecule has 1 fully saturated rings. The predicted molar refractivity (Wildman–Crippen MR) is 123 cm³/mol. The van der Waals surface area contributed by atoms with E-state index in [0.717, 1.165) is 54.9 Å². The molecule has 1 aliphatic rings. The van der Waals surface area contributed by atoms with Crippen molar-refractivity contribution in [3.63, 3.8) is 0 Å². The van der Waals surface area contributed by atoms with Crippen LogP contribution in [0.3, 0.4) is 0 Å². The average molecular weight is 452 g/mol. The van der Waals surface area contributed by atoms with Gasteiger partial charge in [0.2, 0.25) is 0 Å². The number of carbonyl (C=O) groups excluding carboxylic acids is 1. The Hall–Kier alpha value is -3.43. The van der Waals surface area contributed by atoms with Crippen LogP contribution in [0.1, 0.15) is 16.1 Å². The number of rotatable bonds is 4. The van der Waals surface area contributed by atoms with Crippen LogP contribution in [0.4, 0.5) is 5.69 Å². The molecule has 9 nitrogen and oxygen atoms in total. The van der Waals surface area contributed by atoms with Gasteiger partial charge in [0.15, 0.2) is 5.15 Å². The summed E-state index contributed by atoms with van der Waals surface area (Å²) in [6.07, 6.45) is 3.29. The van der Waals surface area contributed by atoms with Crippen molar-refractivity contribution >= 4 is 39.7 Å². The summed E-state index contributed by atoms with van der Waals surface area (Å²) >= 11 is 6.35. The van der Waals surface area contributed by atoms with Gasteiger partial charge in [-0.1, -0.05) is 17.7 Å². The van der Waals surface area contributed by atoms with Crippen LogP contribution in [0.25, 0.3) is 16.6 Å². The summed E-state index contributed by atoms with van der Waals surface area (Å²) in [5, 5.41) is 3.81. The molecule has 10 heteroatoms. The molecule has 0 radical (unpaired) electrons. The molecular weight excluding hydrogens is 430 g/mol. The zero-order valence-corrected chi connectivity index (χ0v) is 18.3. The number of H-pyrrole nitrogens is 1. The van der Waals surface area contributed by atoms with Crippen molar-refractivity contribution in [3.05, 3.63) is 69.6 Å². The Bertz CT molecular complexity index is 1370. The van der Waals surface area contributed by atoms with Crippen LogP contribution < -0.4 is 15.9 Å². The number of carbonyl (C=O) groups is 1. The first-order valence-corrected chi connectivity index (χ1v) is 10.7. The van der Waals surface area contributed by atoms with Crippen LogP contribution in [0.2, 0.25) is 5.15 Å². The molecule has 4 aromatic rings. The van der Waals surface area contributed by atoms with E-state index in [4.69, 9.17) is 11.6 Å². The summed E-state index contributed by atoms with van der Waals surface area (Å²) in [5.74, 6) is -0.256. The Morgan fingerprint density at radius 3 is 2.75 bits per heavy atom. The maximum absolute atomic E-state index is 12.2. The molecule has 0 saturated carbocycles. The summed E-state index contributed by atoms with van der Waals surface area (Å²) in [6, 6.07) is 9.67. The predicted octanol–water partition coefficient (Wildman–Crippen LogP) is 1.91. The molecule has 2 N–H and O–H groups in total. The molecule has 0 bridgehead atoms. The maximum Gasteiger partial charge on any atom is 0.331 e. The minimum Gasteiger partial charge on any atom is -0.366 e. The van der Waals surface area contributed by atoms with Crippen LogP contribution in [0, 0.1) is 0 Å². The molecule has 3 aromatic heterocycles. The number of hydrogen-bond acceptors (Lipinski definition) is 6. The fraction of sp³-hybridized carbons (Fsp3) is 0.273. The van der Waals surface area contributed by atoms with Gasteiger partial charge < -0.3 is 15.2 Å². The lowest BCUT2D eigenvalue weighted by atomic mass is 10.1. The fourth-order valence-corrected chi connectivity index (χ4v) is 4.43. The molecule has 1 aromatic carbocycles. The van der Waals surface area contributed by atoms with E-state index in [0.29, 0.717) is 16.5 Å². The van der Waals surface area contributed by atoms with E-state index in [9.17, 15) is 9.59 Å². The normalized spacial score (nSPS) is 14.9. The minimum absolute atomic E-state index is 0.191. The van der Waals surface area contributed by atoms with Crippen LogP contribution in [-0.4, -0.2) is 63.4 Å². The van der Waals surface area contributed by atoms with Crippen molar-refractivity contribution in [2.75, 3.05) is 38.1 Å². The largest absolute Gasteiger partial charge is 0.366 e. The van der Waals surface area contributed by atoms with Gasteiger partial charge >= 0.3 is 5.69 Å². The Morgan fingerprint density at radius 2 is 2.00 bits per heavy atom. The lowest BCUT2D eigenvalue weighted by molar-refractivity contribution is 0.0958. The van der Waals surface area contributed by atoms with Gasteiger partial charge in [-0.15, -0.1) is 0 Å². The third-order valence-corrected chi connectivity index (χ3v) is 6.11. The highest BCUT2D eigenvalue weighted by molar-refractivity contribution is 6.32. The van der Waals surface area contributed by atoms with Gasteiger partial charge in [-0.25, -0.2) is 14.8 Å².